The van der Waals surface area contributed by atoms with E-state index in [1.54, 1.807) is 0 Å². The summed E-state index contributed by atoms with van der Waals surface area (Å²) in [5.74, 6) is 2.46. The molecule has 1 rings (SSSR count). The Kier molecular flexibility index (Phi) is 6.08. The van der Waals surface area contributed by atoms with Gasteiger partial charge in [-0.15, -0.1) is 0 Å². The van der Waals surface area contributed by atoms with Crippen molar-refractivity contribution in [2.75, 3.05) is 0 Å². The van der Waals surface area contributed by atoms with Crippen molar-refractivity contribution in [1.29, 1.82) is 0 Å². The number of rotatable bonds is 6. The Morgan fingerprint density at radius 1 is 1.00 bits per heavy atom. The lowest BCUT2D eigenvalue weighted by Crippen LogP contribution is -2.25. The van der Waals surface area contributed by atoms with Gasteiger partial charge in [0.2, 0.25) is 0 Å². The molecule has 0 aromatic rings. The summed E-state index contributed by atoms with van der Waals surface area (Å²) in [6.45, 7) is 6.81. The first-order valence-electron chi connectivity index (χ1n) is 7.16. The molecule has 0 saturated heterocycles. The van der Waals surface area contributed by atoms with E-state index >= 15 is 0 Å². The summed E-state index contributed by atoms with van der Waals surface area (Å²) in [6, 6.07) is 0. The van der Waals surface area contributed by atoms with Crippen molar-refractivity contribution in [3.63, 3.8) is 0 Å². The van der Waals surface area contributed by atoms with Crippen LogP contribution in [0.5, 0.6) is 0 Å². The van der Waals surface area contributed by atoms with Crippen molar-refractivity contribution in [2.24, 2.45) is 17.8 Å². The maximum absolute atomic E-state index is 12.1. The van der Waals surface area contributed by atoms with Gasteiger partial charge in [-0.1, -0.05) is 40.0 Å². The van der Waals surface area contributed by atoms with Gasteiger partial charge in [0, 0.05) is 12.3 Å². The standard InChI is InChI=1S/C15H28O/c1-4-5-6-7-8-15(16)14-10-12(2)9-13(3)11-14/h12-14H,4-11H2,1-3H3. The van der Waals surface area contributed by atoms with Crippen LogP contribution in [-0.2, 0) is 4.79 Å². The number of Topliss-reactive ketones (excluding diaryl/α,β-unsaturated/α-hetero) is 1. The molecule has 0 bridgehead atoms. The lowest BCUT2D eigenvalue weighted by atomic mass is 9.74. The van der Waals surface area contributed by atoms with E-state index in [1.807, 2.05) is 0 Å². The van der Waals surface area contributed by atoms with Crippen LogP contribution >= 0.6 is 0 Å². The normalized spacial score (nSPS) is 30.3. The molecule has 2 unspecified atom stereocenters. The monoisotopic (exact) mass is 224 g/mol. The van der Waals surface area contributed by atoms with Crippen LogP contribution in [0.25, 0.3) is 0 Å². The molecule has 0 spiro atoms. The van der Waals surface area contributed by atoms with Crippen molar-refractivity contribution in [1.82, 2.24) is 0 Å². The van der Waals surface area contributed by atoms with Gasteiger partial charge in [0.25, 0.3) is 0 Å². The fraction of sp³-hybridized carbons (Fsp3) is 0.933. The summed E-state index contributed by atoms with van der Waals surface area (Å²) in [4.78, 5) is 12.1. The molecule has 1 saturated carbocycles. The second-order valence-corrected chi connectivity index (χ2v) is 5.89. The smallest absolute Gasteiger partial charge is 0.135 e. The van der Waals surface area contributed by atoms with Crippen molar-refractivity contribution < 1.29 is 4.79 Å². The summed E-state index contributed by atoms with van der Waals surface area (Å²) < 4.78 is 0. The van der Waals surface area contributed by atoms with Gasteiger partial charge in [-0.25, -0.2) is 0 Å². The first-order valence-corrected chi connectivity index (χ1v) is 7.16. The highest BCUT2D eigenvalue weighted by Crippen LogP contribution is 2.34. The Morgan fingerprint density at radius 3 is 2.19 bits per heavy atom. The predicted octanol–water partition coefficient (Wildman–Crippen LogP) is 4.60. The lowest BCUT2D eigenvalue weighted by molar-refractivity contribution is -0.124. The summed E-state index contributed by atoms with van der Waals surface area (Å²) in [7, 11) is 0. The topological polar surface area (TPSA) is 17.1 Å². The van der Waals surface area contributed by atoms with Gasteiger partial charge in [0.15, 0.2) is 0 Å². The third-order valence-corrected chi connectivity index (χ3v) is 3.91. The van der Waals surface area contributed by atoms with Crippen LogP contribution in [-0.4, -0.2) is 5.78 Å². The summed E-state index contributed by atoms with van der Waals surface area (Å²) in [5, 5.41) is 0. The van der Waals surface area contributed by atoms with Crippen LogP contribution in [0.15, 0.2) is 0 Å². The minimum Gasteiger partial charge on any atom is -0.299 e. The van der Waals surface area contributed by atoms with Gasteiger partial charge in [0.05, 0.1) is 0 Å². The van der Waals surface area contributed by atoms with E-state index in [0.717, 1.165) is 37.5 Å². The summed E-state index contributed by atoms with van der Waals surface area (Å²) in [5.41, 5.74) is 0. The summed E-state index contributed by atoms with van der Waals surface area (Å²) in [6.07, 6.45) is 9.35. The molecule has 1 heteroatoms. The lowest BCUT2D eigenvalue weighted by Gasteiger charge is -2.30. The van der Waals surface area contributed by atoms with Crippen LogP contribution in [0.2, 0.25) is 0 Å². The van der Waals surface area contributed by atoms with Gasteiger partial charge in [-0.3, -0.25) is 4.79 Å². The van der Waals surface area contributed by atoms with Crippen LogP contribution in [0, 0.1) is 17.8 Å². The average Bonchev–Trinajstić information content (AvgIpc) is 2.22. The molecular weight excluding hydrogens is 196 g/mol. The zero-order chi connectivity index (χ0) is 12.0. The molecule has 1 aliphatic carbocycles. The molecule has 0 N–H and O–H groups in total. The van der Waals surface area contributed by atoms with Crippen molar-refractivity contribution in [3.8, 4) is 0 Å². The molecule has 0 aromatic heterocycles. The fourth-order valence-electron chi connectivity index (χ4n) is 3.14. The van der Waals surface area contributed by atoms with Crippen LogP contribution in [0.4, 0.5) is 0 Å². The maximum Gasteiger partial charge on any atom is 0.135 e. The molecule has 1 nitrogen and oxygen atoms in total. The molecule has 1 fully saturated rings. The maximum atomic E-state index is 12.1. The molecule has 94 valence electrons. The molecule has 0 amide bonds. The fourth-order valence-corrected chi connectivity index (χ4v) is 3.14. The SMILES string of the molecule is CCCCCCC(=O)C1CC(C)CC(C)C1. The van der Waals surface area contributed by atoms with E-state index in [4.69, 9.17) is 0 Å². The van der Waals surface area contributed by atoms with Crippen LogP contribution in [0.3, 0.4) is 0 Å². The third-order valence-electron chi connectivity index (χ3n) is 3.91. The zero-order valence-corrected chi connectivity index (χ0v) is 11.3. The van der Waals surface area contributed by atoms with Gasteiger partial charge >= 0.3 is 0 Å². The van der Waals surface area contributed by atoms with E-state index in [0.29, 0.717) is 11.7 Å². The quantitative estimate of drug-likeness (QED) is 0.603. The number of carbonyl (C=O) groups is 1. The number of unbranched alkanes of at least 4 members (excludes halogenated alkanes) is 3. The zero-order valence-electron chi connectivity index (χ0n) is 11.3. The van der Waals surface area contributed by atoms with Gasteiger partial charge in [-0.2, -0.15) is 0 Å². The Balaban J connectivity index is 2.24. The van der Waals surface area contributed by atoms with Gasteiger partial charge in [0.1, 0.15) is 5.78 Å². The molecule has 0 aromatic carbocycles. The number of ketones is 1. The molecule has 16 heavy (non-hydrogen) atoms. The van der Waals surface area contributed by atoms with E-state index in [1.165, 1.54) is 25.7 Å². The Labute approximate surface area is 101 Å². The van der Waals surface area contributed by atoms with Crippen molar-refractivity contribution >= 4 is 5.78 Å². The van der Waals surface area contributed by atoms with Crippen molar-refractivity contribution in [2.45, 2.75) is 72.1 Å². The Hall–Kier alpha value is -0.330. The van der Waals surface area contributed by atoms with E-state index < -0.39 is 0 Å². The first-order chi connectivity index (χ1) is 7.63. The molecule has 2 atom stereocenters. The van der Waals surface area contributed by atoms with E-state index in [-0.39, 0.29) is 0 Å². The second-order valence-electron chi connectivity index (χ2n) is 5.89. The Morgan fingerprint density at radius 2 is 1.62 bits per heavy atom. The Bertz CT molecular complexity index is 199. The van der Waals surface area contributed by atoms with Crippen molar-refractivity contribution in [3.05, 3.63) is 0 Å². The van der Waals surface area contributed by atoms with Gasteiger partial charge in [-0.05, 0) is 37.5 Å². The highest BCUT2D eigenvalue weighted by atomic mass is 16.1. The van der Waals surface area contributed by atoms with E-state index in [2.05, 4.69) is 20.8 Å². The summed E-state index contributed by atoms with van der Waals surface area (Å²) >= 11 is 0. The number of carbonyl (C=O) groups excluding carboxylic acids is 1. The van der Waals surface area contributed by atoms with Crippen LogP contribution < -0.4 is 0 Å². The average molecular weight is 224 g/mol. The largest absolute Gasteiger partial charge is 0.299 e. The molecule has 0 radical (unpaired) electrons. The highest BCUT2D eigenvalue weighted by molar-refractivity contribution is 5.81. The number of hydrogen-bond acceptors (Lipinski definition) is 1. The molecule has 0 aliphatic heterocycles. The van der Waals surface area contributed by atoms with Gasteiger partial charge < -0.3 is 0 Å². The number of hydrogen-bond donors (Lipinski definition) is 0. The van der Waals surface area contributed by atoms with Crippen LogP contribution in [0.1, 0.15) is 72.1 Å². The minimum atomic E-state index is 0.389. The highest BCUT2D eigenvalue weighted by Gasteiger charge is 2.28. The second kappa shape index (κ2) is 7.09. The minimum absolute atomic E-state index is 0.389. The molecule has 1 aliphatic rings. The first kappa shape index (κ1) is 13.7. The molecular formula is C15H28O. The predicted molar refractivity (Wildman–Crippen MR) is 69.4 cm³/mol. The molecule has 0 heterocycles. The van der Waals surface area contributed by atoms with E-state index in [9.17, 15) is 4.79 Å². The third kappa shape index (κ3) is 4.67.